The van der Waals surface area contributed by atoms with Crippen LogP contribution in [0.2, 0.25) is 0 Å². The van der Waals surface area contributed by atoms with Crippen molar-refractivity contribution in [3.63, 3.8) is 0 Å². The van der Waals surface area contributed by atoms with Crippen molar-refractivity contribution in [3.8, 4) is 0 Å². The zero-order chi connectivity index (χ0) is 23.7. The highest BCUT2D eigenvalue weighted by molar-refractivity contribution is 6.23. The molecule has 1 saturated heterocycles. The number of primary amides is 1. The normalized spacial score (nSPS) is 33.0. The summed E-state index contributed by atoms with van der Waals surface area (Å²) in [5.74, 6) is 0.628. The quantitative estimate of drug-likeness (QED) is 0.710. The van der Waals surface area contributed by atoms with Crippen molar-refractivity contribution in [2.24, 2.45) is 28.9 Å². The second-order valence-corrected chi connectivity index (χ2v) is 11.7. The van der Waals surface area contributed by atoms with E-state index in [1.165, 1.54) is 31.4 Å². The second kappa shape index (κ2) is 7.40. The lowest BCUT2D eigenvalue weighted by atomic mass is 9.49. The van der Waals surface area contributed by atoms with E-state index in [0.29, 0.717) is 29.0 Å². The summed E-state index contributed by atoms with van der Waals surface area (Å²) in [6.07, 6.45) is 6.42. The van der Waals surface area contributed by atoms with Crippen LogP contribution in [0.1, 0.15) is 76.1 Å². The number of hydrogen-bond donors (Lipinski definition) is 1. The molecule has 5 fully saturated rings. The maximum Gasteiger partial charge on any atom is 0.257 e. The Morgan fingerprint density at radius 3 is 1.94 bits per heavy atom. The van der Waals surface area contributed by atoms with E-state index < -0.39 is 17.5 Å². The summed E-state index contributed by atoms with van der Waals surface area (Å²) in [5.41, 5.74) is 5.04. The molecule has 33 heavy (non-hydrogen) atoms. The Morgan fingerprint density at radius 2 is 1.48 bits per heavy atom. The second-order valence-electron chi connectivity index (χ2n) is 11.7. The monoisotopic (exact) mass is 451 g/mol. The molecule has 1 atom stereocenters. The molecule has 4 amide bonds. The van der Waals surface area contributed by atoms with Crippen molar-refractivity contribution in [1.29, 1.82) is 0 Å². The molecule has 1 heterocycles. The van der Waals surface area contributed by atoms with Gasteiger partial charge in [-0.25, -0.2) is 4.90 Å². The number of hydrogen-bond acceptors (Lipinski definition) is 4. The summed E-state index contributed by atoms with van der Waals surface area (Å²) in [5, 5.41) is 0. The molecule has 7 heteroatoms. The van der Waals surface area contributed by atoms with Gasteiger partial charge in [0.2, 0.25) is 17.7 Å². The van der Waals surface area contributed by atoms with Gasteiger partial charge >= 0.3 is 0 Å². The van der Waals surface area contributed by atoms with E-state index in [9.17, 15) is 19.2 Å². The minimum absolute atomic E-state index is 0.0220. The summed E-state index contributed by atoms with van der Waals surface area (Å²) >= 11 is 0. The van der Waals surface area contributed by atoms with Gasteiger partial charge in [-0.05, 0) is 101 Å². The van der Waals surface area contributed by atoms with Crippen LogP contribution in [0.5, 0.6) is 0 Å². The molecule has 7 nitrogen and oxygen atoms in total. The maximum atomic E-state index is 14.2. The number of carbonyl (C=O) groups is 4. The smallest absolute Gasteiger partial charge is 0.257 e. The number of nitrogens with two attached hydrogens (primary N) is 1. The molecule has 4 saturated carbocycles. The fourth-order valence-corrected chi connectivity index (χ4v) is 7.41. The Hall–Kier alpha value is -2.70. The van der Waals surface area contributed by atoms with Crippen LogP contribution in [0.15, 0.2) is 24.3 Å². The number of benzene rings is 1. The lowest BCUT2D eigenvalue weighted by Crippen LogP contribution is -2.62. The van der Waals surface area contributed by atoms with Crippen LogP contribution >= 0.6 is 0 Å². The third-order valence-corrected chi connectivity index (χ3v) is 8.28. The summed E-state index contributed by atoms with van der Waals surface area (Å²) in [6.45, 7) is 5.86. The zero-order valence-electron chi connectivity index (χ0n) is 19.7. The highest BCUT2D eigenvalue weighted by Gasteiger charge is 2.58. The first-order valence-corrected chi connectivity index (χ1v) is 12.1. The van der Waals surface area contributed by atoms with Gasteiger partial charge in [-0.3, -0.25) is 19.2 Å². The van der Waals surface area contributed by atoms with Crippen molar-refractivity contribution in [3.05, 3.63) is 29.8 Å². The molecule has 4 bridgehead atoms. The molecular weight excluding hydrogens is 418 g/mol. The molecule has 6 rings (SSSR count). The Kier molecular flexibility index (Phi) is 4.96. The molecule has 1 aromatic rings. The first-order valence-electron chi connectivity index (χ1n) is 12.1. The molecular formula is C26H33N3O4. The van der Waals surface area contributed by atoms with Gasteiger partial charge in [-0.15, -0.1) is 0 Å². The van der Waals surface area contributed by atoms with Crippen molar-refractivity contribution in [2.45, 2.75) is 77.3 Å². The fourth-order valence-electron chi connectivity index (χ4n) is 7.41. The van der Waals surface area contributed by atoms with Gasteiger partial charge in [0.25, 0.3) is 5.91 Å². The van der Waals surface area contributed by atoms with E-state index in [4.69, 9.17) is 5.73 Å². The molecule has 176 valence electrons. The highest BCUT2D eigenvalue weighted by Crippen LogP contribution is 2.61. The van der Waals surface area contributed by atoms with Crippen LogP contribution in [0, 0.1) is 23.2 Å². The number of anilines is 1. The van der Waals surface area contributed by atoms with Crippen LogP contribution in [-0.2, 0) is 14.4 Å². The lowest BCUT2D eigenvalue weighted by molar-refractivity contribution is -0.167. The fraction of sp³-hybridized carbons (Fsp3) is 0.615. The molecule has 0 aromatic heterocycles. The standard InChI is InChI=1S/C26H33N3O4/c1-25(2,3)29(24(33)26-12-15-8-16(13-26)10-17(9-15)14-26)20-11-21(30)28(23(20)32)19-6-4-18(5-7-19)22(27)31/h4-7,15-17,20H,8-14H2,1-3H3,(H2,27,31). The average molecular weight is 452 g/mol. The van der Waals surface area contributed by atoms with Gasteiger partial charge in [0, 0.05) is 11.1 Å². The van der Waals surface area contributed by atoms with Crippen LogP contribution < -0.4 is 10.6 Å². The Balaban J connectivity index is 1.45. The largest absolute Gasteiger partial charge is 0.366 e. The third-order valence-electron chi connectivity index (χ3n) is 8.28. The minimum atomic E-state index is -0.811. The predicted octanol–water partition coefficient (Wildman–Crippen LogP) is 3.26. The Labute approximate surface area is 194 Å². The molecule has 0 radical (unpaired) electrons. The summed E-state index contributed by atoms with van der Waals surface area (Å²) < 4.78 is 0. The summed E-state index contributed by atoms with van der Waals surface area (Å²) in [6, 6.07) is 5.32. The van der Waals surface area contributed by atoms with Crippen LogP contribution in [0.3, 0.4) is 0 Å². The van der Waals surface area contributed by atoms with E-state index in [2.05, 4.69) is 0 Å². The predicted molar refractivity (Wildman–Crippen MR) is 123 cm³/mol. The minimum Gasteiger partial charge on any atom is -0.366 e. The van der Waals surface area contributed by atoms with Gasteiger partial charge in [0.15, 0.2) is 0 Å². The molecule has 1 aliphatic heterocycles. The zero-order valence-corrected chi connectivity index (χ0v) is 19.7. The number of imide groups is 1. The Morgan fingerprint density at radius 1 is 0.970 bits per heavy atom. The topological polar surface area (TPSA) is 101 Å². The molecule has 5 aliphatic rings. The van der Waals surface area contributed by atoms with Gasteiger partial charge in [0.05, 0.1) is 17.5 Å². The van der Waals surface area contributed by atoms with Gasteiger partial charge in [-0.2, -0.15) is 0 Å². The average Bonchev–Trinajstić information content (AvgIpc) is 2.99. The number of carbonyl (C=O) groups excluding carboxylic acids is 4. The first kappa shape index (κ1) is 22.1. The van der Waals surface area contributed by atoms with E-state index in [1.54, 1.807) is 17.0 Å². The van der Waals surface area contributed by atoms with E-state index in [0.717, 1.165) is 24.2 Å². The van der Waals surface area contributed by atoms with E-state index in [-0.39, 0.29) is 29.6 Å². The first-order chi connectivity index (χ1) is 15.5. The summed E-state index contributed by atoms with van der Waals surface area (Å²) in [7, 11) is 0. The molecule has 1 unspecified atom stereocenters. The van der Waals surface area contributed by atoms with Gasteiger partial charge < -0.3 is 10.6 Å². The van der Waals surface area contributed by atoms with Crippen LogP contribution in [0.4, 0.5) is 5.69 Å². The number of nitrogens with zero attached hydrogens (tertiary/aromatic N) is 2. The lowest BCUT2D eigenvalue weighted by Gasteiger charge is -2.58. The van der Waals surface area contributed by atoms with Crippen molar-refractivity contribution >= 4 is 29.3 Å². The van der Waals surface area contributed by atoms with E-state index in [1.807, 2.05) is 20.8 Å². The van der Waals surface area contributed by atoms with Gasteiger partial charge in [-0.1, -0.05) is 0 Å². The van der Waals surface area contributed by atoms with Crippen molar-refractivity contribution in [2.75, 3.05) is 4.90 Å². The number of amides is 4. The van der Waals surface area contributed by atoms with E-state index >= 15 is 0 Å². The van der Waals surface area contributed by atoms with Crippen LogP contribution in [-0.4, -0.2) is 40.1 Å². The highest BCUT2D eigenvalue weighted by atomic mass is 16.2. The molecule has 1 aromatic carbocycles. The third kappa shape index (κ3) is 3.56. The van der Waals surface area contributed by atoms with Crippen molar-refractivity contribution in [1.82, 2.24) is 4.90 Å². The molecule has 2 N–H and O–H groups in total. The molecule has 0 spiro atoms. The molecule has 4 aliphatic carbocycles. The SMILES string of the molecule is CC(C)(C)N(C(=O)C12CC3CC(CC(C3)C1)C2)C1CC(=O)N(c2ccc(C(N)=O)cc2)C1=O. The number of rotatable bonds is 4. The summed E-state index contributed by atoms with van der Waals surface area (Å²) in [4.78, 5) is 55.1. The van der Waals surface area contributed by atoms with Crippen molar-refractivity contribution < 1.29 is 19.2 Å². The van der Waals surface area contributed by atoms with Crippen LogP contribution in [0.25, 0.3) is 0 Å². The Bertz CT molecular complexity index is 988. The van der Waals surface area contributed by atoms with Gasteiger partial charge in [0.1, 0.15) is 6.04 Å². The maximum absolute atomic E-state index is 14.2.